The van der Waals surface area contributed by atoms with Crippen LogP contribution in [0.2, 0.25) is 0 Å². The molecule has 0 amide bonds. The van der Waals surface area contributed by atoms with Gasteiger partial charge in [0.25, 0.3) is 10.1 Å². The van der Waals surface area contributed by atoms with Crippen molar-refractivity contribution in [2.45, 2.75) is 167 Å². The van der Waals surface area contributed by atoms with Crippen molar-refractivity contribution in [3.8, 4) is 0 Å². The summed E-state index contributed by atoms with van der Waals surface area (Å²) < 4.78 is 47.6. The van der Waals surface area contributed by atoms with Crippen LogP contribution in [0.15, 0.2) is 0 Å². The Kier molecular flexibility index (Phi) is 24.0. The number of rotatable bonds is 24. The van der Waals surface area contributed by atoms with E-state index in [1.54, 1.807) is 0 Å². The van der Waals surface area contributed by atoms with Crippen LogP contribution in [-0.2, 0) is 10.1 Å². The molecule has 0 aromatic heterocycles. The first-order valence-corrected chi connectivity index (χ1v) is 15.0. The highest BCUT2D eigenvalue weighted by molar-refractivity contribution is 7.87. The summed E-state index contributed by atoms with van der Waals surface area (Å²) in [5, 5.41) is -2.45. The standard InChI is InChI=1S/C26H53FO3S.H3N/c1-3-5-7-9-11-12-13-14-15-16-17-19-21-23-25-26(27,31(28,29)30)24-22-20-18-10-8-6-4-2;/h3-25H2,1-2H3,(H,28,29,30);1H3. The fraction of sp³-hybridized carbons (Fsp3) is 1.00. The number of hydrogen-bond acceptors (Lipinski definition) is 3. The van der Waals surface area contributed by atoms with Crippen LogP contribution in [0.5, 0.6) is 0 Å². The van der Waals surface area contributed by atoms with Crippen molar-refractivity contribution in [3.05, 3.63) is 0 Å². The van der Waals surface area contributed by atoms with Gasteiger partial charge in [-0.15, -0.1) is 0 Å². The van der Waals surface area contributed by atoms with Crippen molar-refractivity contribution in [1.82, 2.24) is 6.15 Å². The summed E-state index contributed by atoms with van der Waals surface area (Å²) in [6.07, 6.45) is 23.8. The van der Waals surface area contributed by atoms with Gasteiger partial charge in [-0.2, -0.15) is 8.42 Å². The van der Waals surface area contributed by atoms with E-state index in [2.05, 4.69) is 13.8 Å². The topological polar surface area (TPSA) is 89.4 Å². The first-order valence-electron chi connectivity index (χ1n) is 13.5. The maximum absolute atomic E-state index is 14.9. The van der Waals surface area contributed by atoms with E-state index in [0.29, 0.717) is 12.8 Å². The Labute approximate surface area is 200 Å². The van der Waals surface area contributed by atoms with Gasteiger partial charge in [-0.05, 0) is 25.7 Å². The molecule has 1 atom stereocenters. The summed E-state index contributed by atoms with van der Waals surface area (Å²) in [6, 6.07) is 0. The van der Waals surface area contributed by atoms with Gasteiger partial charge in [-0.3, -0.25) is 4.55 Å². The Morgan fingerprint density at radius 2 is 0.750 bits per heavy atom. The Morgan fingerprint density at radius 1 is 0.531 bits per heavy atom. The lowest BCUT2D eigenvalue weighted by Gasteiger charge is -2.22. The molecule has 0 fully saturated rings. The summed E-state index contributed by atoms with van der Waals surface area (Å²) in [7, 11) is -4.65. The van der Waals surface area contributed by atoms with Crippen molar-refractivity contribution >= 4 is 10.1 Å². The third-order valence-corrected chi connectivity index (χ3v) is 7.85. The second kappa shape index (κ2) is 22.6. The molecular weight excluding hydrogens is 425 g/mol. The van der Waals surface area contributed by atoms with Gasteiger partial charge in [0.2, 0.25) is 5.00 Å². The normalized spacial score (nSPS) is 13.6. The van der Waals surface area contributed by atoms with E-state index >= 15 is 0 Å². The van der Waals surface area contributed by atoms with E-state index in [0.717, 1.165) is 38.5 Å². The summed E-state index contributed by atoms with van der Waals surface area (Å²) >= 11 is 0. The minimum Gasteiger partial charge on any atom is -0.344 e. The molecule has 32 heavy (non-hydrogen) atoms. The molecule has 0 aliphatic heterocycles. The maximum Gasteiger partial charge on any atom is 0.300 e. The second-order valence-corrected chi connectivity index (χ2v) is 11.3. The molecule has 4 N–H and O–H groups in total. The first-order chi connectivity index (χ1) is 14.9. The van der Waals surface area contributed by atoms with Gasteiger partial charge in [0.1, 0.15) is 0 Å². The van der Waals surface area contributed by atoms with Crippen molar-refractivity contribution in [3.63, 3.8) is 0 Å². The predicted molar refractivity (Wildman–Crippen MR) is 138 cm³/mol. The van der Waals surface area contributed by atoms with Gasteiger partial charge < -0.3 is 6.15 Å². The lowest BCUT2D eigenvalue weighted by atomic mass is 10.0. The SMILES string of the molecule is CCCCCCCCCCCCCCCCC(F)(CCCCCCCCC)S(=O)(=O)O.N. The van der Waals surface area contributed by atoms with Gasteiger partial charge in [-0.1, -0.05) is 136 Å². The van der Waals surface area contributed by atoms with Gasteiger partial charge in [0.15, 0.2) is 0 Å². The highest BCUT2D eigenvalue weighted by atomic mass is 32.2. The second-order valence-electron chi connectivity index (χ2n) is 9.58. The number of hydrogen-bond donors (Lipinski definition) is 2. The summed E-state index contributed by atoms with van der Waals surface area (Å²) in [5.74, 6) is 0. The molecule has 0 heterocycles. The Balaban J connectivity index is 0. The van der Waals surface area contributed by atoms with Crippen LogP contribution in [-0.4, -0.2) is 18.0 Å². The molecule has 0 aliphatic rings. The average molecular weight is 482 g/mol. The van der Waals surface area contributed by atoms with Crippen molar-refractivity contribution in [1.29, 1.82) is 0 Å². The van der Waals surface area contributed by atoms with Crippen LogP contribution in [0.25, 0.3) is 0 Å². The fourth-order valence-electron chi connectivity index (χ4n) is 4.31. The molecule has 196 valence electrons. The van der Waals surface area contributed by atoms with Crippen LogP contribution in [0.1, 0.15) is 162 Å². The monoisotopic (exact) mass is 481 g/mol. The number of halogens is 1. The third-order valence-electron chi connectivity index (χ3n) is 6.52. The van der Waals surface area contributed by atoms with Crippen molar-refractivity contribution in [2.24, 2.45) is 0 Å². The summed E-state index contributed by atoms with van der Waals surface area (Å²) in [4.78, 5) is 0. The van der Waals surface area contributed by atoms with Crippen molar-refractivity contribution < 1.29 is 17.4 Å². The number of unbranched alkanes of at least 4 members (excludes halogenated alkanes) is 19. The van der Waals surface area contributed by atoms with Crippen LogP contribution in [0.3, 0.4) is 0 Å². The zero-order valence-corrected chi connectivity index (χ0v) is 22.3. The van der Waals surface area contributed by atoms with Crippen LogP contribution < -0.4 is 6.15 Å². The molecule has 4 nitrogen and oxygen atoms in total. The Bertz CT molecular complexity index is 487. The average Bonchev–Trinajstić information content (AvgIpc) is 2.72. The summed E-state index contributed by atoms with van der Waals surface area (Å²) in [5.41, 5.74) is 0. The van der Waals surface area contributed by atoms with Gasteiger partial charge in [-0.25, -0.2) is 4.39 Å². The first kappa shape index (κ1) is 34.0. The maximum atomic E-state index is 14.9. The number of alkyl halides is 1. The molecule has 0 rings (SSSR count). The molecule has 0 spiro atoms. The zero-order chi connectivity index (χ0) is 23.3. The molecule has 1 unspecified atom stereocenters. The van der Waals surface area contributed by atoms with Gasteiger partial charge in [0.05, 0.1) is 0 Å². The molecule has 0 aliphatic carbocycles. The third kappa shape index (κ3) is 19.3. The molecular formula is C26H56FNO3S. The van der Waals surface area contributed by atoms with Crippen LogP contribution in [0.4, 0.5) is 4.39 Å². The molecule has 0 aromatic rings. The van der Waals surface area contributed by atoms with E-state index in [4.69, 9.17) is 0 Å². The summed E-state index contributed by atoms with van der Waals surface area (Å²) in [6.45, 7) is 4.42. The molecule has 0 saturated heterocycles. The van der Waals surface area contributed by atoms with Crippen LogP contribution in [0, 0.1) is 0 Å². The molecule has 0 radical (unpaired) electrons. The Hall–Kier alpha value is -0.200. The molecule has 0 bridgehead atoms. The van der Waals surface area contributed by atoms with Crippen molar-refractivity contribution in [2.75, 3.05) is 0 Å². The van der Waals surface area contributed by atoms with Crippen LogP contribution >= 0.6 is 0 Å². The fourth-order valence-corrected chi connectivity index (χ4v) is 5.12. The largest absolute Gasteiger partial charge is 0.344 e. The lowest BCUT2D eigenvalue weighted by molar-refractivity contribution is 0.203. The van der Waals surface area contributed by atoms with Gasteiger partial charge >= 0.3 is 0 Å². The lowest BCUT2D eigenvalue weighted by Crippen LogP contribution is -2.33. The quantitative estimate of drug-likeness (QED) is 0.106. The van der Waals surface area contributed by atoms with Gasteiger partial charge in [0, 0.05) is 0 Å². The highest BCUT2D eigenvalue weighted by Crippen LogP contribution is 2.32. The van der Waals surface area contributed by atoms with E-state index in [-0.39, 0.29) is 19.0 Å². The molecule has 0 saturated carbocycles. The predicted octanol–water partition coefficient (Wildman–Crippen LogP) is 9.71. The zero-order valence-electron chi connectivity index (χ0n) is 21.5. The highest BCUT2D eigenvalue weighted by Gasteiger charge is 2.42. The molecule has 6 heteroatoms. The molecule has 0 aromatic carbocycles. The Morgan fingerprint density at radius 3 is 0.969 bits per heavy atom. The smallest absolute Gasteiger partial charge is 0.300 e. The van der Waals surface area contributed by atoms with E-state index in [9.17, 15) is 17.4 Å². The van der Waals surface area contributed by atoms with E-state index in [1.807, 2.05) is 0 Å². The minimum absolute atomic E-state index is 0. The minimum atomic E-state index is -4.65. The van der Waals surface area contributed by atoms with E-state index < -0.39 is 15.1 Å². The van der Waals surface area contributed by atoms with E-state index in [1.165, 1.54) is 83.5 Å².